The SMILES string of the molecule is CC(=O)N[C@H]1[C@H]([C@H](O)[C@H](O)CO)O[C@@](Oc2ccccc2)(C(=O)O)C[C@@H]1O. The lowest BCUT2D eigenvalue weighted by Gasteiger charge is -2.46. The van der Waals surface area contributed by atoms with Crippen LogP contribution in [-0.2, 0) is 14.3 Å². The molecule has 0 unspecified atom stereocenters. The van der Waals surface area contributed by atoms with E-state index >= 15 is 0 Å². The molecule has 0 aromatic heterocycles. The van der Waals surface area contributed by atoms with Crippen LogP contribution in [-0.4, -0.2) is 80.3 Å². The van der Waals surface area contributed by atoms with Crippen molar-refractivity contribution in [2.45, 2.75) is 49.6 Å². The number of aliphatic hydroxyl groups is 4. The maximum atomic E-state index is 11.9. The van der Waals surface area contributed by atoms with E-state index in [-0.39, 0.29) is 5.75 Å². The molecule has 0 radical (unpaired) electrons. The first-order valence-electron chi connectivity index (χ1n) is 8.27. The highest BCUT2D eigenvalue weighted by molar-refractivity contribution is 5.77. The summed E-state index contributed by atoms with van der Waals surface area (Å²) in [5, 5.41) is 51.6. The van der Waals surface area contributed by atoms with E-state index in [2.05, 4.69) is 5.32 Å². The van der Waals surface area contributed by atoms with Crippen LogP contribution in [0.2, 0.25) is 0 Å². The first-order chi connectivity index (χ1) is 12.7. The number of carbonyl (C=O) groups is 2. The van der Waals surface area contributed by atoms with Crippen molar-refractivity contribution >= 4 is 11.9 Å². The molecule has 1 fully saturated rings. The predicted octanol–water partition coefficient (Wildman–Crippen LogP) is -1.79. The fourth-order valence-electron chi connectivity index (χ4n) is 2.91. The number of benzene rings is 1. The summed E-state index contributed by atoms with van der Waals surface area (Å²) in [5.74, 6) is -4.37. The van der Waals surface area contributed by atoms with Crippen molar-refractivity contribution in [1.29, 1.82) is 0 Å². The van der Waals surface area contributed by atoms with Gasteiger partial charge in [0, 0.05) is 6.92 Å². The Balaban J connectivity index is 2.39. The minimum absolute atomic E-state index is 0.140. The number of aliphatic carboxylic acids is 1. The Morgan fingerprint density at radius 1 is 1.33 bits per heavy atom. The smallest absolute Gasteiger partial charge is 0.377 e. The Labute approximate surface area is 155 Å². The van der Waals surface area contributed by atoms with E-state index in [1.54, 1.807) is 18.2 Å². The number of hydrogen-bond donors (Lipinski definition) is 6. The summed E-state index contributed by atoms with van der Waals surface area (Å²) in [6.07, 6.45) is -7.10. The van der Waals surface area contributed by atoms with Crippen LogP contribution in [0.15, 0.2) is 30.3 Å². The zero-order valence-electron chi connectivity index (χ0n) is 14.6. The summed E-state index contributed by atoms with van der Waals surface area (Å²) in [5.41, 5.74) is 0. The number of rotatable bonds is 7. The average Bonchev–Trinajstić information content (AvgIpc) is 2.62. The van der Waals surface area contributed by atoms with Gasteiger partial charge in [-0.15, -0.1) is 0 Å². The molecule has 2 rings (SSSR count). The predicted molar refractivity (Wildman–Crippen MR) is 89.6 cm³/mol. The molecule has 0 spiro atoms. The lowest BCUT2D eigenvalue weighted by Crippen LogP contribution is -2.68. The van der Waals surface area contributed by atoms with Crippen LogP contribution in [0.25, 0.3) is 0 Å². The van der Waals surface area contributed by atoms with Crippen molar-refractivity contribution < 1.29 is 44.6 Å². The minimum Gasteiger partial charge on any atom is -0.476 e. The number of para-hydroxylation sites is 1. The van der Waals surface area contributed by atoms with Crippen molar-refractivity contribution in [3.8, 4) is 5.75 Å². The van der Waals surface area contributed by atoms with Gasteiger partial charge >= 0.3 is 11.8 Å². The second-order valence-electron chi connectivity index (χ2n) is 6.29. The highest BCUT2D eigenvalue weighted by Crippen LogP contribution is 2.34. The molecule has 27 heavy (non-hydrogen) atoms. The largest absolute Gasteiger partial charge is 0.476 e. The molecule has 0 aliphatic carbocycles. The van der Waals surface area contributed by atoms with Crippen LogP contribution >= 0.6 is 0 Å². The van der Waals surface area contributed by atoms with Gasteiger partial charge in [0.15, 0.2) is 0 Å². The summed E-state index contributed by atoms with van der Waals surface area (Å²) in [7, 11) is 0. The summed E-state index contributed by atoms with van der Waals surface area (Å²) in [6.45, 7) is 0.321. The lowest BCUT2D eigenvalue weighted by molar-refractivity contribution is -0.284. The third-order valence-corrected chi connectivity index (χ3v) is 4.21. The van der Waals surface area contributed by atoms with Crippen LogP contribution in [0.4, 0.5) is 0 Å². The van der Waals surface area contributed by atoms with E-state index in [4.69, 9.17) is 14.6 Å². The van der Waals surface area contributed by atoms with Gasteiger partial charge in [0.25, 0.3) is 0 Å². The molecule has 0 saturated carbocycles. The number of aliphatic hydroxyl groups excluding tert-OH is 4. The topological polar surface area (TPSA) is 166 Å². The second-order valence-corrected chi connectivity index (χ2v) is 6.29. The van der Waals surface area contributed by atoms with E-state index in [1.165, 1.54) is 12.1 Å². The monoisotopic (exact) mass is 385 g/mol. The van der Waals surface area contributed by atoms with Crippen LogP contribution in [0, 0.1) is 0 Å². The van der Waals surface area contributed by atoms with Gasteiger partial charge in [-0.2, -0.15) is 0 Å². The van der Waals surface area contributed by atoms with Gasteiger partial charge in [-0.1, -0.05) is 18.2 Å². The fraction of sp³-hybridized carbons (Fsp3) is 0.529. The third kappa shape index (κ3) is 4.73. The first-order valence-corrected chi connectivity index (χ1v) is 8.27. The number of ether oxygens (including phenoxy) is 2. The second kappa shape index (κ2) is 8.63. The van der Waals surface area contributed by atoms with E-state index in [1.807, 2.05) is 0 Å². The number of carbonyl (C=O) groups excluding carboxylic acids is 1. The summed E-state index contributed by atoms with van der Waals surface area (Å²) in [6, 6.07) is 6.62. The number of carboxylic acids is 1. The third-order valence-electron chi connectivity index (χ3n) is 4.21. The van der Waals surface area contributed by atoms with Crippen LogP contribution in [0.5, 0.6) is 5.75 Å². The van der Waals surface area contributed by atoms with E-state index in [9.17, 15) is 30.0 Å². The van der Waals surface area contributed by atoms with Gasteiger partial charge in [0.05, 0.1) is 25.2 Å². The van der Waals surface area contributed by atoms with Gasteiger partial charge in [-0.05, 0) is 12.1 Å². The number of hydrogen-bond acceptors (Lipinski definition) is 8. The normalized spacial score (nSPS) is 30.2. The Morgan fingerprint density at radius 3 is 2.48 bits per heavy atom. The lowest BCUT2D eigenvalue weighted by atomic mass is 9.88. The Morgan fingerprint density at radius 2 is 1.96 bits per heavy atom. The molecule has 1 aromatic carbocycles. The Hall–Kier alpha value is -2.24. The molecule has 1 aliphatic rings. The van der Waals surface area contributed by atoms with Crippen molar-refractivity contribution in [1.82, 2.24) is 5.32 Å². The number of nitrogens with one attached hydrogen (secondary N) is 1. The standard InChI is InChI=1S/C17H23NO9/c1-9(20)18-13-11(21)7-17(16(24)25,26-10-5-3-2-4-6-10)27-15(13)14(23)12(22)8-19/h2-6,11-15,19,21-23H,7-8H2,1H3,(H,18,20)(H,24,25)/t11-,12+,13+,14+,15+,17+/m0/s1. The quantitative estimate of drug-likeness (QED) is 0.318. The maximum Gasteiger partial charge on any atom is 0.377 e. The zero-order valence-corrected chi connectivity index (χ0v) is 14.6. The van der Waals surface area contributed by atoms with Crippen molar-refractivity contribution in [3.05, 3.63) is 30.3 Å². The van der Waals surface area contributed by atoms with Gasteiger partial charge in [0.2, 0.25) is 5.91 Å². The van der Waals surface area contributed by atoms with Crippen LogP contribution in [0.1, 0.15) is 13.3 Å². The highest BCUT2D eigenvalue weighted by Gasteiger charge is 2.56. The molecule has 1 aliphatic heterocycles. The van der Waals surface area contributed by atoms with Crippen molar-refractivity contribution in [2.75, 3.05) is 6.61 Å². The fourth-order valence-corrected chi connectivity index (χ4v) is 2.91. The molecular weight excluding hydrogens is 362 g/mol. The Kier molecular flexibility index (Phi) is 6.73. The molecule has 1 saturated heterocycles. The van der Waals surface area contributed by atoms with Gasteiger partial charge in [-0.3, -0.25) is 4.79 Å². The molecule has 150 valence electrons. The van der Waals surface area contributed by atoms with Crippen molar-refractivity contribution in [2.24, 2.45) is 0 Å². The summed E-state index contributed by atoms with van der Waals surface area (Å²) >= 11 is 0. The average molecular weight is 385 g/mol. The molecule has 10 nitrogen and oxygen atoms in total. The van der Waals surface area contributed by atoms with E-state index in [0.717, 1.165) is 6.92 Å². The maximum absolute atomic E-state index is 11.9. The zero-order chi connectivity index (χ0) is 20.2. The molecule has 10 heteroatoms. The number of carboxylic acid groups (broad SMARTS) is 1. The van der Waals surface area contributed by atoms with E-state index in [0.29, 0.717) is 0 Å². The Bertz CT molecular complexity index is 655. The van der Waals surface area contributed by atoms with Gasteiger partial charge < -0.3 is 40.3 Å². The molecule has 1 amide bonds. The van der Waals surface area contributed by atoms with Crippen LogP contribution < -0.4 is 10.1 Å². The number of amides is 1. The van der Waals surface area contributed by atoms with Gasteiger partial charge in [-0.25, -0.2) is 4.79 Å². The van der Waals surface area contributed by atoms with E-state index < -0.39 is 61.1 Å². The summed E-state index contributed by atoms with van der Waals surface area (Å²) in [4.78, 5) is 23.4. The molecule has 1 aromatic rings. The molecule has 0 bridgehead atoms. The highest BCUT2D eigenvalue weighted by atomic mass is 16.7. The molecule has 1 heterocycles. The molecule has 6 N–H and O–H groups in total. The summed E-state index contributed by atoms with van der Waals surface area (Å²) < 4.78 is 11.0. The minimum atomic E-state index is -2.38. The molecular formula is C17H23NO9. The first kappa shape index (κ1) is 21.1. The van der Waals surface area contributed by atoms with Gasteiger partial charge in [0.1, 0.15) is 24.1 Å². The van der Waals surface area contributed by atoms with Crippen molar-refractivity contribution in [3.63, 3.8) is 0 Å². The molecule has 6 atom stereocenters. The van der Waals surface area contributed by atoms with Crippen LogP contribution in [0.3, 0.4) is 0 Å².